The molecule has 0 saturated carbocycles. The lowest BCUT2D eigenvalue weighted by molar-refractivity contribution is -0.146. The van der Waals surface area contributed by atoms with Crippen molar-refractivity contribution in [2.45, 2.75) is 62.0 Å². The van der Waals surface area contributed by atoms with Crippen molar-refractivity contribution < 1.29 is 53.1 Å². The van der Waals surface area contributed by atoms with Gasteiger partial charge in [0.1, 0.15) is 35.7 Å². The highest BCUT2D eigenvalue weighted by atomic mass is 32.2. The quantitative estimate of drug-likeness (QED) is 0.0759. The molecule has 4 heterocycles. The van der Waals surface area contributed by atoms with Gasteiger partial charge in [0.05, 0.1) is 16.6 Å². The number of hydrogen-bond donors (Lipinski definition) is 7. The maximum atomic E-state index is 15.2. The summed E-state index contributed by atoms with van der Waals surface area (Å²) in [5.41, 5.74) is 6.58. The van der Waals surface area contributed by atoms with E-state index in [1.54, 1.807) is 11.1 Å². The standard InChI is InChI=1S/C40H49F2N7O9S/c1-23(50)37(52)49(20-26-17-44-18-32(26)58-40(56)45-11-12-48-34(51)16-33(38(48)53)59-22-30(43)39(54)55)35(25-9-13-57-14-10-25)36-46-31(28-15-27(41)7-8-29(28)42)21-47(36)19-24-5-3-2-4-6-24/h2-8,15-16,21,23,25-26,30,32,35,44,50-51,53H,9-14,17-20,22,43H2,1H3,(H,45,56)(H,54,55). The Morgan fingerprint density at radius 1 is 1.12 bits per heavy atom. The lowest BCUT2D eigenvalue weighted by atomic mass is 9.88. The number of rotatable bonds is 17. The van der Waals surface area contributed by atoms with Crippen LogP contribution in [-0.4, -0.2) is 121 Å². The number of hydrogen-bond acceptors (Lipinski definition) is 12. The number of nitrogens with two attached hydrogens (primary N) is 1. The molecule has 2 aliphatic heterocycles. The number of amides is 2. The van der Waals surface area contributed by atoms with Crippen molar-refractivity contribution in [1.29, 1.82) is 0 Å². The second kappa shape index (κ2) is 19.7. The Balaban J connectivity index is 1.23. The lowest BCUT2D eigenvalue weighted by Crippen LogP contribution is -2.49. The van der Waals surface area contributed by atoms with E-state index < -0.39 is 59.8 Å². The molecule has 19 heteroatoms. The first-order chi connectivity index (χ1) is 28.3. The molecule has 2 aliphatic rings. The van der Waals surface area contributed by atoms with Crippen LogP contribution in [0.4, 0.5) is 13.6 Å². The van der Waals surface area contributed by atoms with E-state index in [-0.39, 0.29) is 65.8 Å². The Labute approximate surface area is 343 Å². The van der Waals surface area contributed by atoms with Crippen LogP contribution in [0.25, 0.3) is 11.3 Å². The van der Waals surface area contributed by atoms with Crippen molar-refractivity contribution in [2.75, 3.05) is 45.1 Å². The zero-order valence-corrected chi connectivity index (χ0v) is 33.2. The molecule has 16 nitrogen and oxygen atoms in total. The summed E-state index contributed by atoms with van der Waals surface area (Å²) in [6, 6.07) is 12.0. The smallest absolute Gasteiger partial charge is 0.407 e. The minimum atomic E-state index is -1.42. The van der Waals surface area contributed by atoms with Gasteiger partial charge in [-0.25, -0.2) is 18.6 Å². The highest BCUT2D eigenvalue weighted by Crippen LogP contribution is 2.39. The van der Waals surface area contributed by atoms with E-state index in [9.17, 15) is 34.1 Å². The van der Waals surface area contributed by atoms with Crippen molar-refractivity contribution in [3.05, 3.63) is 83.8 Å². The van der Waals surface area contributed by atoms with Gasteiger partial charge in [0.15, 0.2) is 5.88 Å². The summed E-state index contributed by atoms with van der Waals surface area (Å²) in [7, 11) is 0. The van der Waals surface area contributed by atoms with Gasteiger partial charge in [-0.15, -0.1) is 11.8 Å². The number of benzene rings is 2. The predicted molar refractivity (Wildman–Crippen MR) is 212 cm³/mol. The van der Waals surface area contributed by atoms with E-state index in [1.807, 2.05) is 34.9 Å². The number of aliphatic hydroxyl groups is 1. The van der Waals surface area contributed by atoms with E-state index in [2.05, 4.69) is 10.6 Å². The summed E-state index contributed by atoms with van der Waals surface area (Å²) in [6.07, 6.45) is -0.182. The molecule has 5 atom stereocenters. The number of aromatic nitrogens is 3. The maximum Gasteiger partial charge on any atom is 0.407 e. The molecule has 2 amide bonds. The third-order valence-corrected chi connectivity index (χ3v) is 11.6. The second-order valence-electron chi connectivity index (χ2n) is 14.7. The number of carboxylic acid groups (broad SMARTS) is 1. The number of nitrogens with one attached hydrogen (secondary N) is 2. The van der Waals surface area contributed by atoms with Gasteiger partial charge < -0.3 is 55.7 Å². The van der Waals surface area contributed by atoms with Gasteiger partial charge in [-0.2, -0.15) is 0 Å². The fourth-order valence-electron chi connectivity index (χ4n) is 7.42. The van der Waals surface area contributed by atoms with Gasteiger partial charge >= 0.3 is 12.1 Å². The molecular formula is C40H49F2N7O9S. The molecular weight excluding hydrogens is 793 g/mol. The molecule has 2 aromatic heterocycles. The highest BCUT2D eigenvalue weighted by molar-refractivity contribution is 7.99. The average molecular weight is 842 g/mol. The number of imidazole rings is 1. The molecule has 0 radical (unpaired) electrons. The number of thioether (sulfide) groups is 1. The van der Waals surface area contributed by atoms with Crippen LogP contribution in [-0.2, 0) is 32.2 Å². The molecule has 2 aromatic carbocycles. The van der Waals surface area contributed by atoms with Crippen LogP contribution in [0, 0.1) is 23.5 Å². The molecule has 6 rings (SSSR count). The largest absolute Gasteiger partial charge is 0.494 e. The van der Waals surface area contributed by atoms with Crippen molar-refractivity contribution in [1.82, 2.24) is 29.7 Å². The zero-order chi connectivity index (χ0) is 42.2. The summed E-state index contributed by atoms with van der Waals surface area (Å²) in [4.78, 5) is 45.1. The van der Waals surface area contributed by atoms with Gasteiger partial charge in [-0.1, -0.05) is 30.3 Å². The molecule has 2 saturated heterocycles. The number of aromatic hydroxyl groups is 2. The Morgan fingerprint density at radius 3 is 2.58 bits per heavy atom. The monoisotopic (exact) mass is 841 g/mol. The number of carboxylic acids is 1. The normalized spacial score (nSPS) is 18.6. The van der Waals surface area contributed by atoms with Crippen molar-refractivity contribution in [3.63, 3.8) is 0 Å². The number of aliphatic hydroxyl groups excluding tert-OH is 1. The Kier molecular flexibility index (Phi) is 14.5. The fraction of sp³-hybridized carbons (Fsp3) is 0.450. The molecule has 59 heavy (non-hydrogen) atoms. The summed E-state index contributed by atoms with van der Waals surface area (Å²) in [6.45, 7) is 3.05. The summed E-state index contributed by atoms with van der Waals surface area (Å²) in [5, 5.41) is 46.7. The number of alkyl carbamates (subject to hydrolysis) is 1. The first kappa shape index (κ1) is 43.4. The Hall–Kier alpha value is -5.21. The summed E-state index contributed by atoms with van der Waals surface area (Å²) >= 11 is 0.960. The van der Waals surface area contributed by atoms with Crippen LogP contribution >= 0.6 is 11.8 Å². The molecule has 4 aromatic rings. The molecule has 8 N–H and O–H groups in total. The van der Waals surface area contributed by atoms with E-state index in [4.69, 9.17) is 25.3 Å². The molecule has 318 valence electrons. The number of ether oxygens (including phenoxy) is 2. The first-order valence-corrected chi connectivity index (χ1v) is 20.3. The van der Waals surface area contributed by atoms with Crippen LogP contribution in [0.15, 0.2) is 65.7 Å². The molecule has 5 unspecified atom stereocenters. The molecule has 0 aliphatic carbocycles. The third-order valence-electron chi connectivity index (χ3n) is 10.5. The van der Waals surface area contributed by atoms with E-state index in [0.29, 0.717) is 45.0 Å². The first-order valence-electron chi connectivity index (χ1n) is 19.3. The lowest BCUT2D eigenvalue weighted by Gasteiger charge is -2.40. The van der Waals surface area contributed by atoms with E-state index in [0.717, 1.165) is 40.1 Å². The van der Waals surface area contributed by atoms with Gasteiger partial charge in [0, 0.05) is 82.0 Å². The number of aliphatic carboxylic acids is 1. The molecule has 2 fully saturated rings. The summed E-state index contributed by atoms with van der Waals surface area (Å²) in [5.74, 6) is -4.00. The van der Waals surface area contributed by atoms with Crippen molar-refractivity contribution >= 4 is 29.7 Å². The summed E-state index contributed by atoms with van der Waals surface area (Å²) < 4.78 is 44.2. The second-order valence-corrected chi connectivity index (χ2v) is 15.7. The fourth-order valence-corrected chi connectivity index (χ4v) is 8.35. The van der Waals surface area contributed by atoms with E-state index >= 15 is 4.39 Å². The van der Waals surface area contributed by atoms with E-state index in [1.165, 1.54) is 13.0 Å². The average Bonchev–Trinajstić information content (AvgIpc) is 3.91. The Morgan fingerprint density at radius 2 is 1.86 bits per heavy atom. The third kappa shape index (κ3) is 10.7. The van der Waals surface area contributed by atoms with Crippen molar-refractivity contribution in [3.8, 4) is 23.0 Å². The zero-order valence-electron chi connectivity index (χ0n) is 32.4. The van der Waals surface area contributed by atoms with Crippen LogP contribution in [0.3, 0.4) is 0 Å². The van der Waals surface area contributed by atoms with Crippen LogP contribution in [0.5, 0.6) is 11.8 Å². The number of halogens is 2. The number of nitrogens with zero attached hydrogens (tertiary/aromatic N) is 4. The Bertz CT molecular complexity index is 2080. The van der Waals surface area contributed by atoms with Crippen LogP contribution in [0.2, 0.25) is 0 Å². The minimum Gasteiger partial charge on any atom is -0.494 e. The molecule has 0 bridgehead atoms. The van der Waals surface area contributed by atoms with Crippen LogP contribution < -0.4 is 16.4 Å². The van der Waals surface area contributed by atoms with Gasteiger partial charge in [-0.3, -0.25) is 14.2 Å². The highest BCUT2D eigenvalue weighted by Gasteiger charge is 2.42. The van der Waals surface area contributed by atoms with Gasteiger partial charge in [0.2, 0.25) is 5.88 Å². The number of carbonyl (C=O) groups excluding carboxylic acids is 2. The predicted octanol–water partition coefficient (Wildman–Crippen LogP) is 3.28. The minimum absolute atomic E-state index is 0.0374. The van der Waals surface area contributed by atoms with Gasteiger partial charge in [-0.05, 0) is 49.4 Å². The number of carbonyl (C=O) groups is 3. The maximum absolute atomic E-state index is 15.2. The van der Waals surface area contributed by atoms with Crippen LogP contribution in [0.1, 0.15) is 37.2 Å². The SMILES string of the molecule is CC(O)C(=O)N(CC1CNCC1OC(=O)NCCn1c(O)cc(SCC(N)C(=O)O)c1O)C(c1nc(-c2cc(F)ccc2F)cn1Cc1ccccc1)C1CCOCC1. The van der Waals surface area contributed by atoms with Gasteiger partial charge in [0.25, 0.3) is 5.91 Å². The molecule has 0 spiro atoms. The topological polar surface area (TPSA) is 227 Å². The van der Waals surface area contributed by atoms with Crippen molar-refractivity contribution in [2.24, 2.45) is 17.6 Å².